The highest BCUT2D eigenvalue weighted by Gasteiger charge is 2.22. The number of hydrogen-bond acceptors (Lipinski definition) is 8. The third kappa shape index (κ3) is 71.3. The van der Waals surface area contributed by atoms with Crippen LogP contribution in [0.3, 0.4) is 0 Å². The molecule has 0 fully saturated rings. The van der Waals surface area contributed by atoms with Crippen LogP contribution in [-0.2, 0) is 32.7 Å². The second kappa shape index (κ2) is 67.6. The van der Waals surface area contributed by atoms with Gasteiger partial charge in [-0.25, -0.2) is 0 Å². The Balaban J connectivity index is 3.86. The number of allylic oxidation sites excluding steroid dienone is 6. The topological polar surface area (TPSA) is 111 Å². The van der Waals surface area contributed by atoms with Gasteiger partial charge in [-0.2, -0.15) is 0 Å². The fourth-order valence-corrected chi connectivity index (χ4v) is 12.1. The first-order valence-corrected chi connectivity index (χ1v) is 39.2. The summed E-state index contributed by atoms with van der Waals surface area (Å²) in [4.78, 5) is 38.0. The second-order valence-electron chi connectivity index (χ2n) is 27.0. The van der Waals surface area contributed by atoms with Crippen LogP contribution in [0.2, 0.25) is 0 Å². The first-order chi connectivity index (χ1) is 42.0. The zero-order valence-electron chi connectivity index (χ0n) is 58.0. The van der Waals surface area contributed by atoms with Crippen LogP contribution in [0, 0.1) is 0 Å². The number of rotatable bonds is 71. The molecule has 0 aromatic carbocycles. The van der Waals surface area contributed by atoms with Crippen molar-refractivity contribution in [3.8, 4) is 0 Å². The molecule has 9 nitrogen and oxygen atoms in total. The van der Waals surface area contributed by atoms with Gasteiger partial charge in [0.15, 0.2) is 6.10 Å². The molecule has 0 saturated heterocycles. The van der Waals surface area contributed by atoms with E-state index >= 15 is 0 Å². The molecule has 0 N–H and O–H groups in total. The van der Waals surface area contributed by atoms with Gasteiger partial charge in [0, 0.05) is 12.8 Å². The predicted octanol–water partition coefficient (Wildman–Crippen LogP) is 24.0. The van der Waals surface area contributed by atoms with E-state index < -0.39 is 26.5 Å². The van der Waals surface area contributed by atoms with Crippen LogP contribution in [-0.4, -0.2) is 70.0 Å². The minimum atomic E-state index is -4.64. The van der Waals surface area contributed by atoms with Crippen molar-refractivity contribution in [2.24, 2.45) is 0 Å². The van der Waals surface area contributed by atoms with E-state index in [0.29, 0.717) is 17.4 Å². The number of nitrogens with zero attached hydrogens (tertiary/aromatic N) is 1. The van der Waals surface area contributed by atoms with Gasteiger partial charge in [0.05, 0.1) is 27.7 Å². The summed E-state index contributed by atoms with van der Waals surface area (Å²) in [6.07, 6.45) is 87.0. The number of phosphoric ester groups is 1. The van der Waals surface area contributed by atoms with Crippen LogP contribution in [0.1, 0.15) is 386 Å². The number of unbranched alkanes of at least 4 members (excludes halogenated alkanes) is 51. The number of likely N-dealkylation sites (N-methyl/N-ethyl adjacent to an activating group) is 1. The van der Waals surface area contributed by atoms with Crippen molar-refractivity contribution in [3.05, 3.63) is 36.5 Å². The fourth-order valence-electron chi connectivity index (χ4n) is 11.3. The number of phosphoric acid groups is 1. The first kappa shape index (κ1) is 84.2. The Morgan fingerprint density at radius 3 is 0.930 bits per heavy atom. The lowest BCUT2D eigenvalue weighted by Crippen LogP contribution is -2.37. The molecule has 0 heterocycles. The number of carbonyl (C=O) groups is 2. The van der Waals surface area contributed by atoms with E-state index in [1.165, 1.54) is 302 Å². The Labute approximate surface area is 535 Å². The molecular weight excluding hydrogens is 1090 g/mol. The molecule has 0 spiro atoms. The predicted molar refractivity (Wildman–Crippen MR) is 370 cm³/mol. The average molecular weight is 1230 g/mol. The third-order valence-electron chi connectivity index (χ3n) is 17.1. The maximum Gasteiger partial charge on any atom is 0.306 e. The SMILES string of the molecule is CCCCCCC/C=C\C/C=C\CCCCCCCCCCCC(=O)OC(COC(=O)CCCCCCCCCCCCCCCCCCCCCCCCCCCCCCC/C=C\CCCCCCCCCC)COP(=O)([O-])OCC[N+](C)(C)C. The normalized spacial score (nSPS) is 13.2. The second-order valence-corrected chi connectivity index (χ2v) is 28.4. The van der Waals surface area contributed by atoms with Crippen LogP contribution in [0.4, 0.5) is 0 Å². The summed E-state index contributed by atoms with van der Waals surface area (Å²) in [5, 5.41) is 0. The van der Waals surface area contributed by atoms with Crippen molar-refractivity contribution >= 4 is 19.8 Å². The Bertz CT molecular complexity index is 1540. The van der Waals surface area contributed by atoms with Gasteiger partial charge in [0.1, 0.15) is 19.8 Å². The monoisotopic (exact) mass is 1230 g/mol. The summed E-state index contributed by atoms with van der Waals surface area (Å²) in [5.74, 6) is -0.819. The van der Waals surface area contributed by atoms with Gasteiger partial charge in [-0.15, -0.1) is 0 Å². The minimum Gasteiger partial charge on any atom is -0.756 e. The van der Waals surface area contributed by atoms with Gasteiger partial charge in [0.25, 0.3) is 7.82 Å². The molecule has 2 atom stereocenters. The Kier molecular flexibility index (Phi) is 66.2. The van der Waals surface area contributed by atoms with Crippen molar-refractivity contribution in [2.45, 2.75) is 392 Å². The molecule has 0 aliphatic carbocycles. The smallest absolute Gasteiger partial charge is 0.306 e. The highest BCUT2D eigenvalue weighted by atomic mass is 31.2. The largest absolute Gasteiger partial charge is 0.756 e. The number of quaternary nitrogens is 1. The molecule has 86 heavy (non-hydrogen) atoms. The number of ether oxygens (including phenoxy) is 2. The summed E-state index contributed by atoms with van der Waals surface area (Å²) in [5.41, 5.74) is 0. The molecule has 0 bridgehead atoms. The van der Waals surface area contributed by atoms with E-state index in [1.807, 2.05) is 21.1 Å². The van der Waals surface area contributed by atoms with E-state index in [9.17, 15) is 19.0 Å². The molecular formula is C76H146NO8P. The molecule has 0 rings (SSSR count). The van der Waals surface area contributed by atoms with Crippen molar-refractivity contribution in [1.82, 2.24) is 0 Å². The maximum absolute atomic E-state index is 12.8. The van der Waals surface area contributed by atoms with E-state index in [0.717, 1.165) is 51.4 Å². The Hall–Kier alpha value is -1.77. The van der Waals surface area contributed by atoms with Crippen LogP contribution >= 0.6 is 7.82 Å². The van der Waals surface area contributed by atoms with Gasteiger partial charge in [0.2, 0.25) is 0 Å². The van der Waals surface area contributed by atoms with E-state index in [1.54, 1.807) is 0 Å². The lowest BCUT2D eigenvalue weighted by atomic mass is 10.0. The van der Waals surface area contributed by atoms with Gasteiger partial charge in [-0.3, -0.25) is 14.2 Å². The quantitative estimate of drug-likeness (QED) is 0.0195. The number of hydrogen-bond donors (Lipinski definition) is 0. The van der Waals surface area contributed by atoms with Crippen molar-refractivity contribution < 1.29 is 42.1 Å². The molecule has 2 unspecified atom stereocenters. The van der Waals surface area contributed by atoms with Gasteiger partial charge in [-0.05, 0) is 70.6 Å². The molecule has 0 amide bonds. The van der Waals surface area contributed by atoms with Crippen molar-refractivity contribution in [3.63, 3.8) is 0 Å². The van der Waals surface area contributed by atoms with Crippen molar-refractivity contribution in [2.75, 3.05) is 47.5 Å². The zero-order chi connectivity index (χ0) is 62.6. The minimum absolute atomic E-state index is 0.0296. The molecule has 0 radical (unpaired) electrons. The van der Waals surface area contributed by atoms with Crippen LogP contribution in [0.25, 0.3) is 0 Å². The third-order valence-corrected chi connectivity index (χ3v) is 18.1. The maximum atomic E-state index is 12.8. The summed E-state index contributed by atoms with van der Waals surface area (Å²) >= 11 is 0. The molecule has 0 saturated carbocycles. The van der Waals surface area contributed by atoms with Crippen LogP contribution in [0.5, 0.6) is 0 Å². The molecule has 0 aromatic rings. The Morgan fingerprint density at radius 1 is 0.360 bits per heavy atom. The lowest BCUT2D eigenvalue weighted by Gasteiger charge is -2.28. The van der Waals surface area contributed by atoms with E-state index in [-0.39, 0.29) is 32.0 Å². The van der Waals surface area contributed by atoms with Gasteiger partial charge < -0.3 is 27.9 Å². The highest BCUT2D eigenvalue weighted by molar-refractivity contribution is 7.45. The van der Waals surface area contributed by atoms with E-state index in [2.05, 4.69) is 50.3 Å². The Morgan fingerprint density at radius 2 is 0.628 bits per heavy atom. The van der Waals surface area contributed by atoms with Gasteiger partial charge in [-0.1, -0.05) is 339 Å². The summed E-state index contributed by atoms with van der Waals surface area (Å²) < 4.78 is 34.3. The molecule has 0 aliphatic heterocycles. The zero-order valence-corrected chi connectivity index (χ0v) is 58.9. The highest BCUT2D eigenvalue weighted by Crippen LogP contribution is 2.38. The van der Waals surface area contributed by atoms with Gasteiger partial charge >= 0.3 is 11.9 Å². The molecule has 10 heteroatoms. The number of esters is 2. The van der Waals surface area contributed by atoms with E-state index in [4.69, 9.17) is 18.5 Å². The lowest BCUT2D eigenvalue weighted by molar-refractivity contribution is -0.870. The molecule has 0 aliphatic rings. The summed E-state index contributed by atoms with van der Waals surface area (Å²) in [6, 6.07) is 0. The summed E-state index contributed by atoms with van der Waals surface area (Å²) in [7, 11) is 1.18. The van der Waals surface area contributed by atoms with Crippen LogP contribution < -0.4 is 4.89 Å². The fraction of sp³-hybridized carbons (Fsp3) is 0.895. The van der Waals surface area contributed by atoms with Crippen LogP contribution in [0.15, 0.2) is 36.5 Å². The van der Waals surface area contributed by atoms with Crippen molar-refractivity contribution in [1.29, 1.82) is 0 Å². The number of carbonyl (C=O) groups excluding carboxylic acids is 2. The standard InChI is InChI=1S/C76H146NO8P/c1-6-8-10-12-14-16-18-20-22-24-26-28-29-30-31-32-33-34-35-36-37-38-39-40-41-42-43-44-45-46-47-49-50-52-54-56-58-60-62-64-66-68-75(78)82-72-74(73-84-86(80,81)83-71-70-77(3,4)5)85-76(79)69-67-65-63-61-59-57-55-53-51-48-27-25-23-21-19-17-15-13-11-9-7-2/h19,21,24-27,74H,6-18,20,22-23,28-73H2,1-5H3/b21-19-,26-24-,27-25-. The summed E-state index contributed by atoms with van der Waals surface area (Å²) in [6.45, 7) is 4.29. The first-order valence-electron chi connectivity index (χ1n) is 37.7. The molecule has 508 valence electrons. The average Bonchev–Trinajstić information content (AvgIpc) is 3.67. The molecule has 0 aromatic heterocycles.